The summed E-state index contributed by atoms with van der Waals surface area (Å²) >= 11 is 0. The van der Waals surface area contributed by atoms with Crippen molar-refractivity contribution in [3.63, 3.8) is 0 Å². The van der Waals surface area contributed by atoms with Crippen LogP contribution in [0.4, 0.5) is 0 Å². The summed E-state index contributed by atoms with van der Waals surface area (Å²) in [4.78, 5) is 0. The fourth-order valence-electron chi connectivity index (χ4n) is 1.75. The predicted octanol–water partition coefficient (Wildman–Crippen LogP) is 2.20. The number of nitrogens with two attached hydrogens (primary N) is 1. The van der Waals surface area contributed by atoms with E-state index < -0.39 is 0 Å². The Bertz CT molecular complexity index is 263. The highest BCUT2D eigenvalue weighted by molar-refractivity contribution is 5.27. The van der Waals surface area contributed by atoms with Gasteiger partial charge in [-0.1, -0.05) is 29.8 Å². The molecule has 0 amide bonds. The molecule has 0 spiro atoms. The Labute approximate surface area is 73.6 Å². The van der Waals surface area contributed by atoms with E-state index in [0.717, 1.165) is 0 Å². The molecule has 2 N–H and O–H groups in total. The van der Waals surface area contributed by atoms with Crippen molar-refractivity contribution in [1.29, 1.82) is 0 Å². The van der Waals surface area contributed by atoms with Crippen molar-refractivity contribution in [2.75, 3.05) is 0 Å². The van der Waals surface area contributed by atoms with E-state index in [1.54, 1.807) is 0 Å². The molecule has 0 heterocycles. The molecule has 0 saturated heterocycles. The fourth-order valence-corrected chi connectivity index (χ4v) is 1.75. The van der Waals surface area contributed by atoms with Gasteiger partial charge in [-0.05, 0) is 31.2 Å². The van der Waals surface area contributed by atoms with Crippen molar-refractivity contribution in [2.24, 2.45) is 5.73 Å². The molecule has 0 radical (unpaired) electrons. The minimum absolute atomic E-state index is 0.410. The zero-order chi connectivity index (χ0) is 8.55. The van der Waals surface area contributed by atoms with Crippen LogP contribution in [0.5, 0.6) is 0 Å². The van der Waals surface area contributed by atoms with Crippen molar-refractivity contribution in [1.82, 2.24) is 0 Å². The molecule has 1 heteroatoms. The van der Waals surface area contributed by atoms with Gasteiger partial charge in [0.1, 0.15) is 0 Å². The second-order valence-corrected chi connectivity index (χ2v) is 3.76. The molecule has 1 saturated carbocycles. The molecule has 1 aromatic carbocycles. The second-order valence-electron chi connectivity index (χ2n) is 3.76. The van der Waals surface area contributed by atoms with Gasteiger partial charge < -0.3 is 5.73 Å². The molecule has 1 aromatic rings. The van der Waals surface area contributed by atoms with Gasteiger partial charge in [0.2, 0.25) is 0 Å². The lowest BCUT2D eigenvalue weighted by atomic mass is 9.75. The minimum atomic E-state index is 0.410. The Morgan fingerprint density at radius 3 is 2.25 bits per heavy atom. The smallest absolute Gasteiger partial charge is 0.0108 e. The summed E-state index contributed by atoms with van der Waals surface area (Å²) in [5.74, 6) is 0.630. The summed E-state index contributed by atoms with van der Waals surface area (Å²) in [6, 6.07) is 9.16. The summed E-state index contributed by atoms with van der Waals surface area (Å²) in [5.41, 5.74) is 8.63. The Kier molecular flexibility index (Phi) is 1.89. The van der Waals surface area contributed by atoms with Gasteiger partial charge in [-0.2, -0.15) is 0 Å². The maximum atomic E-state index is 5.89. The maximum Gasteiger partial charge on any atom is 0.0108 e. The third kappa shape index (κ3) is 1.25. The molecule has 1 aliphatic carbocycles. The summed E-state index contributed by atoms with van der Waals surface area (Å²) < 4.78 is 0. The number of rotatable bonds is 1. The van der Waals surface area contributed by atoms with E-state index in [2.05, 4.69) is 31.2 Å². The third-order valence-electron chi connectivity index (χ3n) is 2.83. The van der Waals surface area contributed by atoms with Crippen LogP contribution < -0.4 is 5.73 Å². The summed E-state index contributed by atoms with van der Waals surface area (Å²) in [6.07, 6.45) is 2.46. The quantitative estimate of drug-likeness (QED) is 0.671. The van der Waals surface area contributed by atoms with E-state index >= 15 is 0 Å². The molecular weight excluding hydrogens is 146 g/mol. The molecule has 2 unspecified atom stereocenters. The standard InChI is InChI=1S/C11H15N/c1-8-2-4-9(5-3-8)10-6-7-11(10)12/h2-5,10-11H,6-7,12H2,1H3. The lowest BCUT2D eigenvalue weighted by Gasteiger charge is -2.33. The number of hydrogen-bond donors (Lipinski definition) is 1. The van der Waals surface area contributed by atoms with E-state index in [1.807, 2.05) is 0 Å². The SMILES string of the molecule is Cc1ccc(C2CCC2N)cc1. The Morgan fingerprint density at radius 1 is 1.17 bits per heavy atom. The van der Waals surface area contributed by atoms with E-state index in [9.17, 15) is 0 Å². The van der Waals surface area contributed by atoms with Gasteiger partial charge >= 0.3 is 0 Å². The Balaban J connectivity index is 2.18. The average Bonchev–Trinajstić information content (AvgIpc) is 2.06. The first-order valence-corrected chi connectivity index (χ1v) is 4.59. The average molecular weight is 161 g/mol. The van der Waals surface area contributed by atoms with Gasteiger partial charge in [0.25, 0.3) is 0 Å². The first-order valence-electron chi connectivity index (χ1n) is 4.59. The number of hydrogen-bond acceptors (Lipinski definition) is 1. The normalized spacial score (nSPS) is 28.2. The zero-order valence-electron chi connectivity index (χ0n) is 7.46. The van der Waals surface area contributed by atoms with Crippen LogP contribution in [-0.2, 0) is 0 Å². The maximum absolute atomic E-state index is 5.89. The van der Waals surface area contributed by atoms with Gasteiger partial charge in [-0.25, -0.2) is 0 Å². The van der Waals surface area contributed by atoms with Gasteiger partial charge in [-0.3, -0.25) is 0 Å². The van der Waals surface area contributed by atoms with Crippen LogP contribution in [-0.4, -0.2) is 6.04 Å². The van der Waals surface area contributed by atoms with Crippen LogP contribution in [0.25, 0.3) is 0 Å². The van der Waals surface area contributed by atoms with Gasteiger partial charge in [0.05, 0.1) is 0 Å². The fraction of sp³-hybridized carbons (Fsp3) is 0.455. The summed E-state index contributed by atoms with van der Waals surface area (Å²) in [6.45, 7) is 2.12. The molecule has 0 bridgehead atoms. The van der Waals surface area contributed by atoms with Crippen LogP contribution in [0.1, 0.15) is 29.9 Å². The van der Waals surface area contributed by atoms with Crippen LogP contribution in [0, 0.1) is 6.92 Å². The van der Waals surface area contributed by atoms with Crippen LogP contribution in [0.3, 0.4) is 0 Å². The molecule has 64 valence electrons. The van der Waals surface area contributed by atoms with Crippen molar-refractivity contribution in [3.05, 3.63) is 35.4 Å². The highest BCUT2D eigenvalue weighted by atomic mass is 14.7. The molecule has 1 aliphatic rings. The number of aryl methyl sites for hydroxylation is 1. The van der Waals surface area contributed by atoms with Crippen molar-refractivity contribution < 1.29 is 0 Å². The van der Waals surface area contributed by atoms with E-state index in [-0.39, 0.29) is 0 Å². The molecule has 1 nitrogen and oxygen atoms in total. The van der Waals surface area contributed by atoms with Gasteiger partial charge in [0.15, 0.2) is 0 Å². The monoisotopic (exact) mass is 161 g/mol. The minimum Gasteiger partial charge on any atom is -0.327 e. The topological polar surface area (TPSA) is 26.0 Å². The van der Waals surface area contributed by atoms with E-state index in [1.165, 1.54) is 24.0 Å². The molecule has 2 atom stereocenters. The third-order valence-corrected chi connectivity index (χ3v) is 2.83. The Hall–Kier alpha value is -0.820. The Morgan fingerprint density at radius 2 is 1.83 bits per heavy atom. The molecular formula is C11H15N. The molecule has 0 aromatic heterocycles. The van der Waals surface area contributed by atoms with Gasteiger partial charge in [0, 0.05) is 6.04 Å². The van der Waals surface area contributed by atoms with Crippen LogP contribution in [0.2, 0.25) is 0 Å². The lowest BCUT2D eigenvalue weighted by Crippen LogP contribution is -2.37. The molecule has 2 rings (SSSR count). The van der Waals surface area contributed by atoms with Crippen LogP contribution in [0.15, 0.2) is 24.3 Å². The molecule has 0 aliphatic heterocycles. The highest BCUT2D eigenvalue weighted by Crippen LogP contribution is 2.35. The largest absolute Gasteiger partial charge is 0.327 e. The van der Waals surface area contributed by atoms with Crippen molar-refractivity contribution in [2.45, 2.75) is 31.7 Å². The van der Waals surface area contributed by atoms with Crippen molar-refractivity contribution >= 4 is 0 Å². The first kappa shape index (κ1) is 7.81. The summed E-state index contributed by atoms with van der Waals surface area (Å²) in [7, 11) is 0. The molecule has 1 fully saturated rings. The molecule has 12 heavy (non-hydrogen) atoms. The van der Waals surface area contributed by atoms with Crippen LogP contribution >= 0.6 is 0 Å². The van der Waals surface area contributed by atoms with E-state index in [4.69, 9.17) is 5.73 Å². The highest BCUT2D eigenvalue weighted by Gasteiger charge is 2.28. The van der Waals surface area contributed by atoms with Gasteiger partial charge in [-0.15, -0.1) is 0 Å². The lowest BCUT2D eigenvalue weighted by molar-refractivity contribution is 0.346. The zero-order valence-corrected chi connectivity index (χ0v) is 7.46. The second kappa shape index (κ2) is 2.91. The first-order chi connectivity index (χ1) is 5.77. The van der Waals surface area contributed by atoms with E-state index in [0.29, 0.717) is 12.0 Å². The number of benzene rings is 1. The summed E-state index contributed by atoms with van der Waals surface area (Å²) in [5, 5.41) is 0. The van der Waals surface area contributed by atoms with Crippen molar-refractivity contribution in [3.8, 4) is 0 Å². The predicted molar refractivity (Wildman–Crippen MR) is 51.1 cm³/mol.